The van der Waals surface area contributed by atoms with E-state index in [9.17, 15) is 8.78 Å². The number of rotatable bonds is 3. The SMILES string of the molecule is CNc1nc(-c2cccnc2C)nc2c1=CC(c1cccc(F)c1F)CC=2. The Morgan fingerprint density at radius 1 is 1.11 bits per heavy atom. The minimum Gasteiger partial charge on any atom is -0.373 e. The van der Waals surface area contributed by atoms with Crippen molar-refractivity contribution in [1.82, 2.24) is 15.0 Å². The number of pyridine rings is 1. The van der Waals surface area contributed by atoms with Crippen molar-refractivity contribution in [3.63, 3.8) is 0 Å². The van der Waals surface area contributed by atoms with Gasteiger partial charge in [-0.3, -0.25) is 4.98 Å². The molecule has 1 aliphatic rings. The summed E-state index contributed by atoms with van der Waals surface area (Å²) < 4.78 is 27.8. The van der Waals surface area contributed by atoms with Crippen LogP contribution in [0.1, 0.15) is 23.6 Å². The normalized spacial score (nSPS) is 15.5. The van der Waals surface area contributed by atoms with Crippen molar-refractivity contribution in [2.45, 2.75) is 19.3 Å². The van der Waals surface area contributed by atoms with E-state index >= 15 is 0 Å². The van der Waals surface area contributed by atoms with Gasteiger partial charge >= 0.3 is 0 Å². The Bertz CT molecular complexity index is 1140. The Balaban J connectivity index is 1.87. The quantitative estimate of drug-likeness (QED) is 0.776. The van der Waals surface area contributed by atoms with Gasteiger partial charge in [-0.1, -0.05) is 24.3 Å². The van der Waals surface area contributed by atoms with Crippen LogP contribution in [-0.4, -0.2) is 22.0 Å². The first-order valence-electron chi connectivity index (χ1n) is 8.72. The van der Waals surface area contributed by atoms with Crippen molar-refractivity contribution in [2.24, 2.45) is 0 Å². The first-order valence-corrected chi connectivity index (χ1v) is 8.72. The largest absolute Gasteiger partial charge is 0.373 e. The molecule has 0 saturated heterocycles. The van der Waals surface area contributed by atoms with Gasteiger partial charge in [0.1, 0.15) is 5.82 Å². The Morgan fingerprint density at radius 3 is 2.74 bits per heavy atom. The molecule has 0 fully saturated rings. The molecule has 1 N–H and O–H groups in total. The highest BCUT2D eigenvalue weighted by molar-refractivity contribution is 5.62. The predicted molar refractivity (Wildman–Crippen MR) is 101 cm³/mol. The molecule has 136 valence electrons. The van der Waals surface area contributed by atoms with E-state index in [1.807, 2.05) is 31.2 Å². The number of fused-ring (bicyclic) bond motifs is 1. The maximum atomic E-state index is 14.2. The van der Waals surface area contributed by atoms with Gasteiger partial charge in [0.25, 0.3) is 0 Å². The third kappa shape index (κ3) is 3.07. The van der Waals surface area contributed by atoms with Crippen molar-refractivity contribution in [2.75, 3.05) is 12.4 Å². The fourth-order valence-corrected chi connectivity index (χ4v) is 3.37. The lowest BCUT2D eigenvalue weighted by molar-refractivity contribution is 0.496. The van der Waals surface area contributed by atoms with Crippen LogP contribution in [0.25, 0.3) is 23.5 Å². The number of aryl methyl sites for hydroxylation is 1. The molecule has 2 heterocycles. The zero-order valence-corrected chi connectivity index (χ0v) is 15.0. The molecule has 4 rings (SSSR count). The van der Waals surface area contributed by atoms with Gasteiger partial charge in [0.15, 0.2) is 17.5 Å². The molecular weight excluding hydrogens is 346 g/mol. The summed E-state index contributed by atoms with van der Waals surface area (Å²) in [6.07, 6.45) is 6.12. The molecule has 4 nitrogen and oxygen atoms in total. The van der Waals surface area contributed by atoms with Gasteiger partial charge in [0.05, 0.1) is 5.35 Å². The molecule has 0 radical (unpaired) electrons. The van der Waals surface area contributed by atoms with Crippen LogP contribution in [0.15, 0.2) is 36.5 Å². The van der Waals surface area contributed by atoms with Gasteiger partial charge in [-0.2, -0.15) is 0 Å². The number of nitrogens with one attached hydrogen (secondary N) is 1. The summed E-state index contributed by atoms with van der Waals surface area (Å²) in [4.78, 5) is 13.6. The van der Waals surface area contributed by atoms with Crippen LogP contribution in [0.4, 0.5) is 14.6 Å². The first-order chi connectivity index (χ1) is 13.1. The molecule has 0 spiro atoms. The average molecular weight is 364 g/mol. The van der Waals surface area contributed by atoms with Gasteiger partial charge in [0, 0.05) is 35.6 Å². The zero-order valence-electron chi connectivity index (χ0n) is 15.0. The highest BCUT2D eigenvalue weighted by Crippen LogP contribution is 2.27. The maximum absolute atomic E-state index is 14.2. The van der Waals surface area contributed by atoms with E-state index in [1.54, 1.807) is 19.3 Å². The summed E-state index contributed by atoms with van der Waals surface area (Å²) in [7, 11) is 1.78. The first kappa shape index (κ1) is 17.3. The van der Waals surface area contributed by atoms with Crippen LogP contribution in [0, 0.1) is 18.6 Å². The third-order valence-corrected chi connectivity index (χ3v) is 4.77. The number of hydrogen-bond donors (Lipinski definition) is 1. The lowest BCUT2D eigenvalue weighted by Gasteiger charge is -2.17. The van der Waals surface area contributed by atoms with E-state index in [-0.39, 0.29) is 5.92 Å². The number of halogens is 2. The molecule has 1 aliphatic carbocycles. The number of aromatic nitrogens is 3. The number of anilines is 1. The van der Waals surface area contributed by atoms with Crippen LogP contribution >= 0.6 is 0 Å². The molecule has 0 bridgehead atoms. The molecule has 3 aromatic rings. The minimum atomic E-state index is -0.834. The van der Waals surface area contributed by atoms with Gasteiger partial charge in [-0.25, -0.2) is 18.7 Å². The summed E-state index contributed by atoms with van der Waals surface area (Å²) in [5.74, 6) is -0.668. The van der Waals surface area contributed by atoms with Crippen molar-refractivity contribution >= 4 is 18.0 Å². The van der Waals surface area contributed by atoms with Gasteiger partial charge in [-0.05, 0) is 37.1 Å². The second kappa shape index (κ2) is 6.87. The van der Waals surface area contributed by atoms with E-state index in [0.717, 1.165) is 27.9 Å². The topological polar surface area (TPSA) is 50.7 Å². The zero-order chi connectivity index (χ0) is 19.0. The predicted octanol–water partition coefficient (Wildman–Crippen LogP) is 2.92. The molecule has 1 unspecified atom stereocenters. The second-order valence-electron chi connectivity index (χ2n) is 6.44. The number of benzene rings is 1. The summed E-state index contributed by atoms with van der Waals surface area (Å²) in [6.45, 7) is 1.91. The summed E-state index contributed by atoms with van der Waals surface area (Å²) in [6, 6.07) is 8.06. The molecule has 27 heavy (non-hydrogen) atoms. The summed E-state index contributed by atoms with van der Waals surface area (Å²) in [5.41, 5.74) is 2.05. The van der Waals surface area contributed by atoms with Crippen LogP contribution in [0.3, 0.4) is 0 Å². The maximum Gasteiger partial charge on any atom is 0.163 e. The Morgan fingerprint density at radius 2 is 1.96 bits per heavy atom. The second-order valence-corrected chi connectivity index (χ2v) is 6.44. The molecule has 6 heteroatoms. The van der Waals surface area contributed by atoms with Crippen LogP contribution < -0.4 is 15.9 Å². The molecule has 1 aromatic carbocycles. The molecule has 0 amide bonds. The van der Waals surface area contributed by atoms with Gasteiger partial charge in [-0.15, -0.1) is 0 Å². The van der Waals surface area contributed by atoms with E-state index in [0.29, 0.717) is 23.6 Å². The van der Waals surface area contributed by atoms with Crippen molar-refractivity contribution < 1.29 is 8.78 Å². The highest BCUT2D eigenvalue weighted by atomic mass is 19.2. The monoisotopic (exact) mass is 364 g/mol. The lowest BCUT2D eigenvalue weighted by Crippen LogP contribution is -2.35. The molecule has 2 aromatic heterocycles. The van der Waals surface area contributed by atoms with Crippen LogP contribution in [0.2, 0.25) is 0 Å². The average Bonchev–Trinajstić information content (AvgIpc) is 2.69. The van der Waals surface area contributed by atoms with E-state index in [4.69, 9.17) is 0 Å². The standard InChI is InChI=1S/C21H18F2N4/c1-12-14(6-4-10-25-12)21-26-18-9-8-13(11-16(18)20(24-2)27-21)15-5-3-7-17(22)19(15)23/h3-7,9-11,13H,8H2,1-2H3,(H,24,26,27). The third-order valence-electron chi connectivity index (χ3n) is 4.77. The van der Waals surface area contributed by atoms with Crippen molar-refractivity contribution in [3.05, 3.63) is 70.0 Å². The minimum absolute atomic E-state index is 0.269. The summed E-state index contributed by atoms with van der Waals surface area (Å²) >= 11 is 0. The van der Waals surface area contributed by atoms with Crippen LogP contribution in [-0.2, 0) is 0 Å². The van der Waals surface area contributed by atoms with Crippen LogP contribution in [0.5, 0.6) is 0 Å². The fourth-order valence-electron chi connectivity index (χ4n) is 3.37. The van der Waals surface area contributed by atoms with Gasteiger partial charge in [0.2, 0.25) is 0 Å². The molecule has 0 aliphatic heterocycles. The number of hydrogen-bond acceptors (Lipinski definition) is 4. The summed E-state index contributed by atoms with van der Waals surface area (Å²) in [5, 5.41) is 4.66. The van der Waals surface area contributed by atoms with E-state index < -0.39 is 11.6 Å². The Hall–Kier alpha value is -3.15. The van der Waals surface area contributed by atoms with E-state index in [1.165, 1.54) is 6.07 Å². The molecule has 0 saturated carbocycles. The van der Waals surface area contributed by atoms with Crippen molar-refractivity contribution in [3.8, 4) is 11.4 Å². The fraction of sp³-hybridized carbons (Fsp3) is 0.190. The lowest BCUT2D eigenvalue weighted by atomic mass is 9.91. The Labute approximate surface area is 155 Å². The molecular formula is C21H18F2N4. The van der Waals surface area contributed by atoms with Crippen molar-refractivity contribution in [1.29, 1.82) is 0 Å². The highest BCUT2D eigenvalue weighted by Gasteiger charge is 2.19. The Kier molecular flexibility index (Phi) is 4.39. The van der Waals surface area contributed by atoms with Gasteiger partial charge < -0.3 is 5.32 Å². The number of nitrogens with zero attached hydrogens (tertiary/aromatic N) is 3. The van der Waals surface area contributed by atoms with E-state index in [2.05, 4.69) is 20.3 Å². The molecule has 1 atom stereocenters. The smallest absolute Gasteiger partial charge is 0.163 e.